The number of anilines is 1. The summed E-state index contributed by atoms with van der Waals surface area (Å²) in [7, 11) is 3.06. The van der Waals surface area contributed by atoms with Crippen LogP contribution in [-0.2, 0) is 0 Å². The van der Waals surface area contributed by atoms with Gasteiger partial charge in [-0.15, -0.1) is 0 Å². The molecule has 1 aromatic heterocycles. The summed E-state index contributed by atoms with van der Waals surface area (Å²) in [5.41, 5.74) is 4.27. The van der Waals surface area contributed by atoms with Crippen molar-refractivity contribution in [2.24, 2.45) is 0 Å². The molecule has 0 saturated heterocycles. The van der Waals surface area contributed by atoms with Gasteiger partial charge in [0.15, 0.2) is 5.58 Å². The number of amides is 1. The van der Waals surface area contributed by atoms with Crippen LogP contribution < -0.4 is 14.8 Å². The summed E-state index contributed by atoms with van der Waals surface area (Å²) in [6.45, 7) is 4.35. The van der Waals surface area contributed by atoms with Crippen LogP contribution in [0.1, 0.15) is 42.1 Å². The van der Waals surface area contributed by atoms with Gasteiger partial charge in [-0.2, -0.15) is 0 Å². The molecular weight excluding hydrogens is 440 g/mol. The van der Waals surface area contributed by atoms with Crippen molar-refractivity contribution in [2.45, 2.75) is 26.2 Å². The third-order valence-corrected chi connectivity index (χ3v) is 6.00. The zero-order valence-electron chi connectivity index (χ0n) is 18.9. The highest BCUT2D eigenvalue weighted by Crippen LogP contribution is 2.32. The van der Waals surface area contributed by atoms with Crippen molar-refractivity contribution in [1.82, 2.24) is 4.98 Å². The minimum absolute atomic E-state index is 0.345. The lowest BCUT2D eigenvalue weighted by atomic mass is 9.98. The number of fused-ring (bicyclic) bond motifs is 1. The molecule has 0 spiro atoms. The van der Waals surface area contributed by atoms with E-state index in [0.29, 0.717) is 50.7 Å². The van der Waals surface area contributed by atoms with Crippen LogP contribution in [0.5, 0.6) is 11.5 Å². The summed E-state index contributed by atoms with van der Waals surface area (Å²) in [5.74, 6) is 1.59. The van der Waals surface area contributed by atoms with E-state index >= 15 is 0 Å². The molecule has 1 heterocycles. The van der Waals surface area contributed by atoms with Gasteiger partial charge in [-0.05, 0) is 60.4 Å². The Balaban J connectivity index is 1.64. The van der Waals surface area contributed by atoms with Gasteiger partial charge < -0.3 is 19.2 Å². The fraction of sp³-hybridized carbons (Fsp3) is 0.231. The Labute approximate surface area is 197 Å². The summed E-state index contributed by atoms with van der Waals surface area (Å²) in [6.07, 6.45) is 1.05. The lowest BCUT2D eigenvalue weighted by Gasteiger charge is -2.11. The molecular formula is C26H25ClN2O4. The second-order valence-corrected chi connectivity index (χ2v) is 8.21. The molecule has 0 fully saturated rings. The minimum atomic E-state index is -0.345. The van der Waals surface area contributed by atoms with Crippen molar-refractivity contribution < 1.29 is 18.7 Å². The van der Waals surface area contributed by atoms with Crippen LogP contribution in [0.3, 0.4) is 0 Å². The molecule has 7 heteroatoms. The van der Waals surface area contributed by atoms with Gasteiger partial charge >= 0.3 is 0 Å². The molecule has 4 aromatic rings. The van der Waals surface area contributed by atoms with E-state index in [1.807, 2.05) is 12.1 Å². The predicted octanol–water partition coefficient (Wildman–Crippen LogP) is 6.93. The molecule has 0 bridgehead atoms. The summed E-state index contributed by atoms with van der Waals surface area (Å²) in [5, 5.41) is 3.25. The molecule has 170 valence electrons. The zero-order valence-corrected chi connectivity index (χ0v) is 19.7. The summed E-state index contributed by atoms with van der Waals surface area (Å²) in [6, 6.07) is 16.3. The van der Waals surface area contributed by atoms with Crippen LogP contribution in [0.2, 0.25) is 5.02 Å². The third kappa shape index (κ3) is 4.81. The van der Waals surface area contributed by atoms with E-state index in [1.165, 1.54) is 19.8 Å². The first-order valence-electron chi connectivity index (χ1n) is 10.7. The van der Waals surface area contributed by atoms with Gasteiger partial charge in [0.25, 0.3) is 5.91 Å². The molecule has 3 aromatic carbocycles. The molecule has 0 aliphatic heterocycles. The first-order chi connectivity index (χ1) is 15.9. The fourth-order valence-electron chi connectivity index (χ4n) is 3.50. The monoisotopic (exact) mass is 464 g/mol. The van der Waals surface area contributed by atoms with Gasteiger partial charge in [-0.3, -0.25) is 4.79 Å². The van der Waals surface area contributed by atoms with E-state index in [-0.39, 0.29) is 5.91 Å². The molecule has 0 radical (unpaired) electrons. The predicted molar refractivity (Wildman–Crippen MR) is 131 cm³/mol. The van der Waals surface area contributed by atoms with E-state index in [9.17, 15) is 4.79 Å². The van der Waals surface area contributed by atoms with Gasteiger partial charge in [-0.25, -0.2) is 4.98 Å². The number of aromatic nitrogens is 1. The van der Waals surface area contributed by atoms with Crippen LogP contribution in [0.4, 0.5) is 5.69 Å². The number of hydrogen-bond donors (Lipinski definition) is 1. The van der Waals surface area contributed by atoms with Crippen molar-refractivity contribution in [3.05, 3.63) is 70.7 Å². The Kier molecular flexibility index (Phi) is 6.56. The number of rotatable bonds is 7. The molecule has 0 aliphatic rings. The summed E-state index contributed by atoms with van der Waals surface area (Å²) < 4.78 is 16.5. The van der Waals surface area contributed by atoms with Crippen LogP contribution >= 0.6 is 11.6 Å². The van der Waals surface area contributed by atoms with Gasteiger partial charge in [-0.1, -0.05) is 31.5 Å². The Morgan fingerprint density at radius 1 is 1.06 bits per heavy atom. The topological polar surface area (TPSA) is 73.6 Å². The highest BCUT2D eigenvalue weighted by Gasteiger charge is 2.15. The second kappa shape index (κ2) is 9.55. The largest absolute Gasteiger partial charge is 0.497 e. The third-order valence-electron chi connectivity index (χ3n) is 5.67. The quantitative estimate of drug-likeness (QED) is 0.321. The van der Waals surface area contributed by atoms with Gasteiger partial charge in [0.1, 0.15) is 17.0 Å². The van der Waals surface area contributed by atoms with Gasteiger partial charge in [0.05, 0.1) is 24.9 Å². The van der Waals surface area contributed by atoms with Gasteiger partial charge in [0.2, 0.25) is 5.89 Å². The van der Waals surface area contributed by atoms with Crippen LogP contribution in [0.25, 0.3) is 22.6 Å². The highest BCUT2D eigenvalue weighted by atomic mass is 35.5. The van der Waals surface area contributed by atoms with Crippen molar-refractivity contribution in [3.8, 4) is 23.0 Å². The smallest absolute Gasteiger partial charge is 0.255 e. The molecule has 0 unspecified atom stereocenters. The summed E-state index contributed by atoms with van der Waals surface area (Å²) >= 11 is 6.37. The number of nitrogens with one attached hydrogen (secondary N) is 1. The molecule has 4 rings (SSSR count). The first-order valence-corrected chi connectivity index (χ1v) is 11.0. The van der Waals surface area contributed by atoms with E-state index in [2.05, 4.69) is 36.3 Å². The Hall–Kier alpha value is -3.51. The number of methoxy groups -OCH3 is 2. The average Bonchev–Trinajstić information content (AvgIpc) is 3.27. The van der Waals surface area contributed by atoms with E-state index < -0.39 is 0 Å². The standard InChI is InChI=1S/C26H25ClN2O4/c1-5-15(2)16-7-9-24-23(12-16)29-26(33-24)17-6-8-21(27)22(13-17)28-25(30)18-10-19(31-3)14-20(11-18)32-4/h6-15H,5H2,1-4H3,(H,28,30)/t15-/m1/s1. The maximum absolute atomic E-state index is 12.9. The average molecular weight is 465 g/mol. The lowest BCUT2D eigenvalue weighted by molar-refractivity contribution is 0.102. The molecule has 1 N–H and O–H groups in total. The maximum atomic E-state index is 12.9. The lowest BCUT2D eigenvalue weighted by Crippen LogP contribution is -2.12. The van der Waals surface area contributed by atoms with Gasteiger partial charge in [0, 0.05) is 17.2 Å². The molecule has 1 amide bonds. The number of hydrogen-bond acceptors (Lipinski definition) is 5. The van der Waals surface area contributed by atoms with E-state index in [0.717, 1.165) is 11.9 Å². The first kappa shape index (κ1) is 22.7. The number of halogens is 1. The normalized spacial score (nSPS) is 11.9. The minimum Gasteiger partial charge on any atom is -0.497 e. The Morgan fingerprint density at radius 3 is 2.45 bits per heavy atom. The number of ether oxygens (including phenoxy) is 2. The van der Waals surface area contributed by atoms with E-state index in [1.54, 1.807) is 30.3 Å². The number of carbonyl (C=O) groups excluding carboxylic acids is 1. The Morgan fingerprint density at radius 2 is 1.79 bits per heavy atom. The maximum Gasteiger partial charge on any atom is 0.255 e. The van der Waals surface area contributed by atoms with Crippen LogP contribution in [0, 0.1) is 0 Å². The number of benzene rings is 3. The molecule has 33 heavy (non-hydrogen) atoms. The SMILES string of the molecule is CC[C@@H](C)c1ccc2oc(-c3ccc(Cl)c(NC(=O)c4cc(OC)cc(OC)c4)c3)nc2c1. The summed E-state index contributed by atoms with van der Waals surface area (Å²) in [4.78, 5) is 17.6. The van der Waals surface area contributed by atoms with Crippen molar-refractivity contribution >= 4 is 34.3 Å². The Bertz CT molecular complexity index is 1290. The molecule has 1 atom stereocenters. The number of oxazole rings is 1. The fourth-order valence-corrected chi connectivity index (χ4v) is 3.66. The number of carbonyl (C=O) groups is 1. The van der Waals surface area contributed by atoms with Crippen molar-refractivity contribution in [3.63, 3.8) is 0 Å². The molecule has 0 saturated carbocycles. The highest BCUT2D eigenvalue weighted by molar-refractivity contribution is 6.34. The number of nitrogens with zero attached hydrogens (tertiary/aromatic N) is 1. The molecule has 6 nitrogen and oxygen atoms in total. The van der Waals surface area contributed by atoms with Crippen molar-refractivity contribution in [2.75, 3.05) is 19.5 Å². The second-order valence-electron chi connectivity index (χ2n) is 7.81. The van der Waals surface area contributed by atoms with Crippen LogP contribution in [-0.4, -0.2) is 25.1 Å². The zero-order chi connectivity index (χ0) is 23.5. The van der Waals surface area contributed by atoms with Crippen molar-refractivity contribution in [1.29, 1.82) is 0 Å². The van der Waals surface area contributed by atoms with Crippen LogP contribution in [0.15, 0.2) is 59.0 Å². The van der Waals surface area contributed by atoms with E-state index in [4.69, 9.17) is 25.5 Å². The molecule has 0 aliphatic carbocycles.